The number of amidine groups is 1. The lowest BCUT2D eigenvalue weighted by molar-refractivity contribution is -0.132. The number of rotatable bonds is 7. The summed E-state index contributed by atoms with van der Waals surface area (Å²) in [7, 11) is 1.58. The minimum Gasteiger partial charge on any atom is -0.494 e. The van der Waals surface area contributed by atoms with E-state index in [2.05, 4.69) is 5.32 Å². The fourth-order valence-corrected chi connectivity index (χ4v) is 5.15. The fraction of sp³-hybridized carbons (Fsp3) is 0.545. The molecule has 0 bridgehead atoms. The fourth-order valence-electron chi connectivity index (χ4n) is 3.94. The van der Waals surface area contributed by atoms with Crippen LogP contribution in [-0.2, 0) is 14.4 Å². The number of nitrogens with one attached hydrogen (secondary N) is 1. The summed E-state index contributed by atoms with van der Waals surface area (Å²) in [5, 5.41) is 3.02. The van der Waals surface area contributed by atoms with Crippen molar-refractivity contribution < 1.29 is 19.1 Å². The number of methoxy groups -OCH3 is 1. The van der Waals surface area contributed by atoms with Gasteiger partial charge in [-0.3, -0.25) is 19.3 Å². The minimum atomic E-state index is -0.511. The van der Waals surface area contributed by atoms with Gasteiger partial charge in [0.25, 0.3) is 0 Å². The van der Waals surface area contributed by atoms with Gasteiger partial charge in [-0.15, -0.1) is 0 Å². The molecule has 1 saturated carbocycles. The smallest absolute Gasteiger partial charge is 0.243 e. The molecule has 31 heavy (non-hydrogen) atoms. The number of nitrogens with zero attached hydrogens (tertiary/aromatic N) is 3. The zero-order valence-electron chi connectivity index (χ0n) is 17.9. The Hall–Kier alpha value is -2.55. The number of amides is 3. The summed E-state index contributed by atoms with van der Waals surface area (Å²) in [4.78, 5) is 46.1. The van der Waals surface area contributed by atoms with Crippen LogP contribution in [-0.4, -0.2) is 70.2 Å². The molecule has 2 heterocycles. The van der Waals surface area contributed by atoms with Gasteiger partial charge in [-0.05, 0) is 31.4 Å². The van der Waals surface area contributed by atoms with Crippen LogP contribution in [0.4, 0.5) is 5.69 Å². The summed E-state index contributed by atoms with van der Waals surface area (Å²) < 4.78 is 5.41. The highest BCUT2D eigenvalue weighted by molar-refractivity contribution is 8.15. The van der Waals surface area contributed by atoms with Crippen LogP contribution >= 0.6 is 11.8 Å². The monoisotopic (exact) mass is 444 g/mol. The molecule has 0 aromatic heterocycles. The van der Waals surface area contributed by atoms with Gasteiger partial charge in [0.05, 0.1) is 13.2 Å². The van der Waals surface area contributed by atoms with Crippen molar-refractivity contribution in [3.63, 3.8) is 0 Å². The number of thioether (sulfide) groups is 1. The lowest BCUT2D eigenvalue weighted by Gasteiger charge is -2.24. The highest BCUT2D eigenvalue weighted by atomic mass is 32.2. The zero-order chi connectivity index (χ0) is 22.0. The highest BCUT2D eigenvalue weighted by Gasteiger charge is 2.45. The summed E-state index contributed by atoms with van der Waals surface area (Å²) >= 11 is 1.33. The van der Waals surface area contributed by atoms with Crippen molar-refractivity contribution in [3.8, 4) is 5.75 Å². The van der Waals surface area contributed by atoms with Crippen LogP contribution in [0.3, 0.4) is 0 Å². The van der Waals surface area contributed by atoms with Crippen LogP contribution in [0.1, 0.15) is 39.0 Å². The standard InChI is InChI=1S/C22H28N4O4S/c1-3-20(28)25-11-10-15(13-25)26-21(29)18(12-19(27)23-14-8-9-14)31-22(26)24-16-6-4-5-7-17(16)30-2/h4-7,14-15,18H,3,8-13H2,1-2H3,(H,23,27). The molecule has 3 aliphatic rings. The van der Waals surface area contributed by atoms with E-state index in [-0.39, 0.29) is 36.2 Å². The van der Waals surface area contributed by atoms with E-state index in [0.29, 0.717) is 42.5 Å². The Balaban J connectivity index is 1.58. The summed E-state index contributed by atoms with van der Waals surface area (Å²) in [6.07, 6.45) is 3.29. The number of benzene rings is 1. The molecule has 166 valence electrons. The van der Waals surface area contributed by atoms with Crippen molar-refractivity contribution in [1.29, 1.82) is 0 Å². The molecule has 2 unspecified atom stereocenters. The van der Waals surface area contributed by atoms with E-state index in [9.17, 15) is 14.4 Å². The maximum absolute atomic E-state index is 13.3. The van der Waals surface area contributed by atoms with Crippen LogP contribution in [0.15, 0.2) is 29.3 Å². The van der Waals surface area contributed by atoms with Gasteiger partial charge in [0.15, 0.2) is 5.17 Å². The number of hydrogen-bond donors (Lipinski definition) is 1. The largest absolute Gasteiger partial charge is 0.494 e. The Kier molecular flexibility index (Phi) is 6.50. The van der Waals surface area contributed by atoms with Crippen LogP contribution in [0.5, 0.6) is 5.75 Å². The maximum Gasteiger partial charge on any atom is 0.243 e. The second kappa shape index (κ2) is 9.30. The van der Waals surface area contributed by atoms with Crippen LogP contribution in [0.25, 0.3) is 0 Å². The van der Waals surface area contributed by atoms with Crippen molar-refractivity contribution in [2.24, 2.45) is 4.99 Å². The van der Waals surface area contributed by atoms with Gasteiger partial charge < -0.3 is 15.0 Å². The third-order valence-electron chi connectivity index (χ3n) is 5.76. The number of likely N-dealkylation sites (tertiary alicyclic amines) is 1. The summed E-state index contributed by atoms with van der Waals surface area (Å²) in [5.41, 5.74) is 0.632. The van der Waals surface area contributed by atoms with E-state index in [1.807, 2.05) is 31.2 Å². The Morgan fingerprint density at radius 3 is 2.74 bits per heavy atom. The molecule has 2 saturated heterocycles. The van der Waals surface area contributed by atoms with Crippen molar-refractivity contribution in [2.75, 3.05) is 20.2 Å². The van der Waals surface area contributed by atoms with Crippen molar-refractivity contribution >= 4 is 40.3 Å². The molecule has 9 heteroatoms. The van der Waals surface area contributed by atoms with Gasteiger partial charge in [0.2, 0.25) is 17.7 Å². The molecular formula is C22H28N4O4S. The van der Waals surface area contributed by atoms with Gasteiger partial charge in [-0.1, -0.05) is 30.8 Å². The van der Waals surface area contributed by atoms with Crippen LogP contribution < -0.4 is 10.1 Å². The third-order valence-corrected chi connectivity index (χ3v) is 6.92. The van der Waals surface area contributed by atoms with Crippen molar-refractivity contribution in [2.45, 2.75) is 56.4 Å². The van der Waals surface area contributed by atoms with Crippen LogP contribution in [0, 0.1) is 0 Å². The lowest BCUT2D eigenvalue weighted by atomic mass is 10.2. The quantitative estimate of drug-likeness (QED) is 0.697. The number of aliphatic imine (C=N–C) groups is 1. The normalized spacial score (nSPS) is 24.7. The average Bonchev–Trinajstić information content (AvgIpc) is 3.35. The molecule has 2 atom stereocenters. The van der Waals surface area contributed by atoms with E-state index in [1.54, 1.807) is 16.9 Å². The molecule has 0 spiro atoms. The third kappa shape index (κ3) is 4.87. The van der Waals surface area contributed by atoms with E-state index >= 15 is 0 Å². The molecule has 2 aliphatic heterocycles. The first-order chi connectivity index (χ1) is 15.0. The van der Waals surface area contributed by atoms with E-state index < -0.39 is 5.25 Å². The van der Waals surface area contributed by atoms with Gasteiger partial charge in [0, 0.05) is 32.0 Å². The Morgan fingerprint density at radius 2 is 2.03 bits per heavy atom. The molecule has 4 rings (SSSR count). The van der Waals surface area contributed by atoms with Gasteiger partial charge in [-0.25, -0.2) is 4.99 Å². The average molecular weight is 445 g/mol. The number of para-hydroxylation sites is 2. The number of carbonyl (C=O) groups is 3. The molecule has 3 amide bonds. The van der Waals surface area contributed by atoms with E-state index in [0.717, 1.165) is 12.8 Å². The first-order valence-electron chi connectivity index (χ1n) is 10.8. The molecule has 1 aliphatic carbocycles. The number of ether oxygens (including phenoxy) is 1. The zero-order valence-corrected chi connectivity index (χ0v) is 18.7. The first-order valence-corrected chi connectivity index (χ1v) is 11.7. The maximum atomic E-state index is 13.3. The Morgan fingerprint density at radius 1 is 1.26 bits per heavy atom. The van der Waals surface area contributed by atoms with Crippen LogP contribution in [0.2, 0.25) is 0 Å². The molecule has 8 nitrogen and oxygen atoms in total. The van der Waals surface area contributed by atoms with E-state index in [1.165, 1.54) is 11.8 Å². The number of hydrogen-bond acceptors (Lipinski definition) is 6. The van der Waals surface area contributed by atoms with Gasteiger partial charge in [0.1, 0.15) is 16.7 Å². The first kappa shape index (κ1) is 21.7. The number of carbonyl (C=O) groups excluding carboxylic acids is 3. The lowest BCUT2D eigenvalue weighted by Crippen LogP contribution is -2.44. The highest BCUT2D eigenvalue weighted by Crippen LogP contribution is 2.37. The van der Waals surface area contributed by atoms with Crippen molar-refractivity contribution in [3.05, 3.63) is 24.3 Å². The van der Waals surface area contributed by atoms with Gasteiger partial charge in [-0.2, -0.15) is 0 Å². The molecule has 1 N–H and O–H groups in total. The van der Waals surface area contributed by atoms with Crippen molar-refractivity contribution in [1.82, 2.24) is 15.1 Å². The SMILES string of the molecule is CCC(=O)N1CCC(N2C(=O)C(CC(=O)NC3CC3)SC2=Nc2ccccc2OC)C1. The molecule has 1 aromatic rings. The predicted octanol–water partition coefficient (Wildman–Crippen LogP) is 2.31. The second-order valence-corrected chi connectivity index (χ2v) is 9.23. The predicted molar refractivity (Wildman–Crippen MR) is 119 cm³/mol. The van der Waals surface area contributed by atoms with E-state index in [4.69, 9.17) is 9.73 Å². The van der Waals surface area contributed by atoms with Gasteiger partial charge >= 0.3 is 0 Å². The molecule has 0 radical (unpaired) electrons. The second-order valence-electron chi connectivity index (χ2n) is 8.06. The summed E-state index contributed by atoms with van der Waals surface area (Å²) in [5.74, 6) is 0.499. The molecular weight excluding hydrogens is 416 g/mol. The summed E-state index contributed by atoms with van der Waals surface area (Å²) in [6, 6.07) is 7.51. The molecule has 3 fully saturated rings. The Labute approximate surface area is 186 Å². The molecule has 1 aromatic carbocycles. The summed E-state index contributed by atoms with van der Waals surface area (Å²) in [6.45, 7) is 2.96. The minimum absolute atomic E-state index is 0.0883. The Bertz CT molecular complexity index is 901. The topological polar surface area (TPSA) is 91.3 Å².